The fourth-order valence-corrected chi connectivity index (χ4v) is 3.95. The van der Waals surface area contributed by atoms with E-state index in [1.54, 1.807) is 51.1 Å². The SMILES string of the molecule is CCOP(=O)(CC=CCOc1cc(NC(=O)c2cnoc2C)ccc1C#N)OCC. The minimum atomic E-state index is -3.15. The smallest absolute Gasteiger partial charge is 0.334 e. The van der Waals surface area contributed by atoms with E-state index in [1.165, 1.54) is 6.20 Å². The Morgan fingerprint density at radius 3 is 2.63 bits per heavy atom. The van der Waals surface area contributed by atoms with Gasteiger partial charge in [-0.25, -0.2) is 0 Å². The van der Waals surface area contributed by atoms with Crippen molar-refractivity contribution >= 4 is 19.2 Å². The highest BCUT2D eigenvalue weighted by Crippen LogP contribution is 2.47. The molecule has 2 rings (SSSR count). The van der Waals surface area contributed by atoms with Gasteiger partial charge in [0.1, 0.15) is 29.7 Å². The van der Waals surface area contributed by atoms with Crippen molar-refractivity contribution in [3.63, 3.8) is 0 Å². The predicted octanol–water partition coefficient (Wildman–Crippen LogP) is 4.31. The number of nitrogens with one attached hydrogen (secondary N) is 1. The number of anilines is 1. The first-order chi connectivity index (χ1) is 14.4. The first kappa shape index (κ1) is 23.4. The summed E-state index contributed by atoms with van der Waals surface area (Å²) in [5.41, 5.74) is 1.09. The number of nitriles is 1. The van der Waals surface area contributed by atoms with E-state index in [0.717, 1.165) is 0 Å². The van der Waals surface area contributed by atoms with Crippen molar-refractivity contribution in [2.45, 2.75) is 20.8 Å². The highest BCUT2D eigenvalue weighted by Gasteiger charge is 2.21. The summed E-state index contributed by atoms with van der Waals surface area (Å²) in [5.74, 6) is 0.325. The maximum absolute atomic E-state index is 12.4. The summed E-state index contributed by atoms with van der Waals surface area (Å²) in [4.78, 5) is 12.3. The number of amides is 1. The molecule has 9 nitrogen and oxygen atoms in total. The molecule has 0 aliphatic heterocycles. The third kappa shape index (κ3) is 6.56. The van der Waals surface area contributed by atoms with Crippen molar-refractivity contribution in [2.75, 3.05) is 31.3 Å². The van der Waals surface area contributed by atoms with Crippen LogP contribution in [0.5, 0.6) is 5.75 Å². The molecule has 0 saturated heterocycles. The molecular weight excluding hydrogens is 409 g/mol. The molecule has 1 amide bonds. The zero-order chi connectivity index (χ0) is 22.0. The largest absolute Gasteiger partial charge is 0.488 e. The first-order valence-electron chi connectivity index (χ1n) is 9.35. The van der Waals surface area contributed by atoms with Gasteiger partial charge in [-0.05, 0) is 32.9 Å². The monoisotopic (exact) mass is 433 g/mol. The summed E-state index contributed by atoms with van der Waals surface area (Å²) < 4.78 is 33.3. The second-order valence-corrected chi connectivity index (χ2v) is 8.09. The van der Waals surface area contributed by atoms with Gasteiger partial charge in [0.25, 0.3) is 5.91 Å². The molecular formula is C20H24N3O6P. The summed E-state index contributed by atoms with van der Waals surface area (Å²) >= 11 is 0. The molecule has 160 valence electrons. The van der Waals surface area contributed by atoms with E-state index in [1.807, 2.05) is 6.07 Å². The van der Waals surface area contributed by atoms with Gasteiger partial charge in [-0.1, -0.05) is 17.3 Å². The number of ether oxygens (including phenoxy) is 1. The van der Waals surface area contributed by atoms with Gasteiger partial charge in [0.15, 0.2) is 0 Å². The van der Waals surface area contributed by atoms with Crippen molar-refractivity contribution < 1.29 is 27.7 Å². The Morgan fingerprint density at radius 2 is 2.03 bits per heavy atom. The number of rotatable bonds is 11. The molecule has 1 aromatic heterocycles. The third-order valence-corrected chi connectivity index (χ3v) is 5.80. The standard InChI is InChI=1S/C20H24N3O6P/c1-4-27-30(25,28-5-2)11-7-6-10-26-19-12-17(9-8-16(19)13-21)23-20(24)18-14-22-29-15(18)3/h6-9,12,14H,4-5,10-11H2,1-3H3,(H,23,24). The maximum atomic E-state index is 12.4. The highest BCUT2D eigenvalue weighted by atomic mass is 31.2. The van der Waals surface area contributed by atoms with Crippen LogP contribution in [0.4, 0.5) is 5.69 Å². The Labute approximate surface area is 175 Å². The normalized spacial score (nSPS) is 11.4. The van der Waals surface area contributed by atoms with E-state index < -0.39 is 7.60 Å². The summed E-state index contributed by atoms with van der Waals surface area (Å²) in [6.45, 7) is 5.85. The fraction of sp³-hybridized carbons (Fsp3) is 0.350. The van der Waals surface area contributed by atoms with Crippen LogP contribution in [0.2, 0.25) is 0 Å². The molecule has 1 aromatic carbocycles. The van der Waals surface area contributed by atoms with Crippen molar-refractivity contribution in [3.8, 4) is 11.8 Å². The Bertz CT molecular complexity index is 969. The lowest BCUT2D eigenvalue weighted by molar-refractivity contribution is 0.102. The molecule has 0 aliphatic carbocycles. The summed E-state index contributed by atoms with van der Waals surface area (Å²) in [5, 5.41) is 15.6. The van der Waals surface area contributed by atoms with Gasteiger partial charge in [-0.15, -0.1) is 0 Å². The summed E-state index contributed by atoms with van der Waals surface area (Å²) in [7, 11) is -3.15. The van der Waals surface area contributed by atoms with Crippen LogP contribution in [0.3, 0.4) is 0 Å². The molecule has 0 spiro atoms. The Hall–Kier alpha value is -2.92. The zero-order valence-corrected chi connectivity index (χ0v) is 18.0. The molecule has 0 aliphatic rings. The van der Waals surface area contributed by atoms with Crippen LogP contribution in [0.25, 0.3) is 0 Å². The number of carbonyl (C=O) groups excluding carboxylic acids is 1. The van der Waals surface area contributed by atoms with Gasteiger partial charge in [0.2, 0.25) is 0 Å². The molecule has 0 atom stereocenters. The van der Waals surface area contributed by atoms with E-state index in [4.69, 9.17) is 18.3 Å². The van der Waals surface area contributed by atoms with Crippen LogP contribution < -0.4 is 10.1 Å². The lowest BCUT2D eigenvalue weighted by Crippen LogP contribution is -2.12. The van der Waals surface area contributed by atoms with Crippen molar-refractivity contribution in [1.82, 2.24) is 5.16 Å². The molecule has 2 aromatic rings. The van der Waals surface area contributed by atoms with E-state index in [-0.39, 0.29) is 18.7 Å². The summed E-state index contributed by atoms with van der Waals surface area (Å²) in [6, 6.07) is 6.74. The maximum Gasteiger partial charge on any atom is 0.334 e. The van der Waals surface area contributed by atoms with Crippen molar-refractivity contribution in [3.05, 3.63) is 53.4 Å². The van der Waals surface area contributed by atoms with Gasteiger partial charge in [0, 0.05) is 11.8 Å². The van der Waals surface area contributed by atoms with Gasteiger partial charge in [-0.2, -0.15) is 5.26 Å². The van der Waals surface area contributed by atoms with E-state index in [2.05, 4.69) is 10.5 Å². The van der Waals surface area contributed by atoms with Crippen molar-refractivity contribution in [2.24, 2.45) is 0 Å². The second-order valence-electron chi connectivity index (χ2n) is 5.98. The minimum absolute atomic E-state index is 0.122. The predicted molar refractivity (Wildman–Crippen MR) is 111 cm³/mol. The van der Waals surface area contributed by atoms with Gasteiger partial charge in [-0.3, -0.25) is 9.36 Å². The Balaban J connectivity index is 2.00. The zero-order valence-electron chi connectivity index (χ0n) is 17.1. The highest BCUT2D eigenvalue weighted by molar-refractivity contribution is 7.54. The number of aryl methyl sites for hydroxylation is 1. The van der Waals surface area contributed by atoms with E-state index >= 15 is 0 Å². The minimum Gasteiger partial charge on any atom is -0.488 e. The first-order valence-corrected chi connectivity index (χ1v) is 11.1. The molecule has 0 saturated carbocycles. The van der Waals surface area contributed by atoms with Crippen molar-refractivity contribution in [1.29, 1.82) is 5.26 Å². The van der Waals surface area contributed by atoms with Gasteiger partial charge in [0.05, 0.1) is 31.1 Å². The number of allylic oxidation sites excluding steroid dienone is 1. The molecule has 30 heavy (non-hydrogen) atoms. The second kappa shape index (κ2) is 11.3. The Morgan fingerprint density at radius 1 is 1.30 bits per heavy atom. The van der Waals surface area contributed by atoms with Gasteiger partial charge < -0.3 is 23.6 Å². The molecule has 0 radical (unpaired) electrons. The van der Waals surface area contributed by atoms with Crippen LogP contribution in [-0.4, -0.2) is 37.0 Å². The lowest BCUT2D eigenvalue weighted by Gasteiger charge is -2.14. The average molecular weight is 433 g/mol. The van der Waals surface area contributed by atoms with E-state index in [9.17, 15) is 14.6 Å². The fourth-order valence-electron chi connectivity index (χ4n) is 2.47. The topological polar surface area (TPSA) is 124 Å². The van der Waals surface area contributed by atoms with E-state index in [0.29, 0.717) is 41.5 Å². The number of nitrogens with zero attached hydrogens (tertiary/aromatic N) is 2. The molecule has 0 unspecified atom stereocenters. The number of benzene rings is 1. The molecule has 1 N–H and O–H groups in total. The van der Waals surface area contributed by atoms with Crippen LogP contribution in [0.1, 0.15) is 35.5 Å². The van der Waals surface area contributed by atoms with Gasteiger partial charge >= 0.3 is 7.60 Å². The summed E-state index contributed by atoms with van der Waals surface area (Å²) in [6.07, 6.45) is 4.77. The van der Waals surface area contributed by atoms with Crippen LogP contribution in [0.15, 0.2) is 41.1 Å². The quantitative estimate of drug-likeness (QED) is 0.411. The van der Waals surface area contributed by atoms with Crippen LogP contribution >= 0.6 is 7.60 Å². The number of aromatic nitrogens is 1. The number of carbonyl (C=O) groups is 1. The number of hydrogen-bond acceptors (Lipinski definition) is 8. The lowest BCUT2D eigenvalue weighted by atomic mass is 10.2. The molecule has 0 fully saturated rings. The van der Waals surface area contributed by atoms with Crippen LogP contribution in [-0.2, 0) is 13.6 Å². The third-order valence-electron chi connectivity index (χ3n) is 3.84. The average Bonchev–Trinajstić information content (AvgIpc) is 3.14. The molecule has 1 heterocycles. The number of hydrogen-bond donors (Lipinski definition) is 1. The molecule has 10 heteroatoms. The van der Waals surface area contributed by atoms with Crippen LogP contribution in [0, 0.1) is 18.3 Å². The Kier molecular flexibility index (Phi) is 8.81. The molecule has 0 bridgehead atoms.